The van der Waals surface area contributed by atoms with Crippen molar-refractivity contribution in [3.63, 3.8) is 0 Å². The van der Waals surface area contributed by atoms with E-state index in [0.717, 1.165) is 41.5 Å². The van der Waals surface area contributed by atoms with Crippen LogP contribution in [0.2, 0.25) is 0 Å². The van der Waals surface area contributed by atoms with Gasteiger partial charge in [-0.15, -0.1) is 0 Å². The average molecular weight is 364 g/mol. The Morgan fingerprint density at radius 1 is 1.55 bits per heavy atom. The highest BCUT2D eigenvalue weighted by atomic mass is 79.9. The maximum atomic E-state index is 11.5. The Bertz CT molecular complexity index is 583. The van der Waals surface area contributed by atoms with Gasteiger partial charge >= 0.3 is 0 Å². The molecule has 1 aromatic rings. The molecule has 2 rings (SSSR count). The Morgan fingerprint density at radius 2 is 2.25 bits per heavy atom. The summed E-state index contributed by atoms with van der Waals surface area (Å²) in [5.41, 5.74) is 8.34. The summed E-state index contributed by atoms with van der Waals surface area (Å²) in [4.78, 5) is 0. The number of aryl methyl sites for hydroxylation is 2. The molecule has 0 radical (unpaired) electrons. The summed E-state index contributed by atoms with van der Waals surface area (Å²) in [6.45, 7) is 2.07. The van der Waals surface area contributed by atoms with Crippen LogP contribution in [0.1, 0.15) is 31.2 Å². The van der Waals surface area contributed by atoms with E-state index in [1.807, 2.05) is 11.7 Å². The number of rotatable bonds is 5. The highest BCUT2D eigenvalue weighted by molar-refractivity contribution is 9.10. The molecule has 0 amide bonds. The third-order valence-corrected chi connectivity index (χ3v) is 6.67. The first kappa shape index (κ1) is 16.0. The molecule has 0 spiro atoms. The van der Waals surface area contributed by atoms with Gasteiger partial charge in [0.25, 0.3) is 0 Å². The molecule has 2 atom stereocenters. The summed E-state index contributed by atoms with van der Waals surface area (Å²) in [6, 6.07) is -0.0234. The van der Waals surface area contributed by atoms with Crippen molar-refractivity contribution in [2.45, 2.75) is 38.6 Å². The van der Waals surface area contributed by atoms with Gasteiger partial charge in [-0.3, -0.25) is 4.68 Å². The zero-order chi connectivity index (χ0) is 14.9. The van der Waals surface area contributed by atoms with Crippen LogP contribution >= 0.6 is 15.9 Å². The molecule has 114 valence electrons. The highest BCUT2D eigenvalue weighted by Gasteiger charge is 2.29. The lowest BCUT2D eigenvalue weighted by atomic mass is 9.97. The molecule has 1 aliphatic heterocycles. The molecule has 5 nitrogen and oxygen atoms in total. The number of aromatic nitrogens is 2. The van der Waals surface area contributed by atoms with Crippen molar-refractivity contribution in [3.8, 4) is 0 Å². The van der Waals surface area contributed by atoms with Crippen LogP contribution in [0.3, 0.4) is 0 Å². The maximum absolute atomic E-state index is 11.5. The minimum Gasteiger partial charge on any atom is -0.327 e. The van der Waals surface area contributed by atoms with E-state index in [9.17, 15) is 8.42 Å². The fourth-order valence-electron chi connectivity index (χ4n) is 2.86. The molecule has 0 saturated carbocycles. The number of nitrogens with zero attached hydrogens (tertiary/aromatic N) is 2. The lowest BCUT2D eigenvalue weighted by Crippen LogP contribution is -2.27. The van der Waals surface area contributed by atoms with Crippen molar-refractivity contribution in [2.75, 3.05) is 11.5 Å². The standard InChI is InChI=1S/C13H22BrN3O2S/c1-3-11-13(14)12(17(2)16-11)7-10(15)6-9-4-5-20(18,19)8-9/h9-10H,3-8,15H2,1-2H3. The number of hydrogen-bond acceptors (Lipinski definition) is 4. The number of halogens is 1. The molecular formula is C13H22BrN3O2S. The molecule has 7 heteroatoms. The van der Waals surface area contributed by atoms with Crippen molar-refractivity contribution in [2.24, 2.45) is 18.7 Å². The molecule has 1 saturated heterocycles. The van der Waals surface area contributed by atoms with Crippen molar-refractivity contribution in [1.82, 2.24) is 9.78 Å². The van der Waals surface area contributed by atoms with Crippen LogP contribution in [-0.2, 0) is 29.7 Å². The zero-order valence-corrected chi connectivity index (χ0v) is 14.4. The van der Waals surface area contributed by atoms with Crippen molar-refractivity contribution in [3.05, 3.63) is 15.9 Å². The van der Waals surface area contributed by atoms with Crippen LogP contribution in [-0.4, -0.2) is 35.7 Å². The average Bonchev–Trinajstić information content (AvgIpc) is 2.82. The summed E-state index contributed by atoms with van der Waals surface area (Å²) in [6.07, 6.45) is 3.12. The Balaban J connectivity index is 1.98. The summed E-state index contributed by atoms with van der Waals surface area (Å²) < 4.78 is 25.8. The lowest BCUT2D eigenvalue weighted by Gasteiger charge is -2.15. The molecule has 1 aliphatic rings. The fraction of sp³-hybridized carbons (Fsp3) is 0.769. The molecule has 1 aromatic heterocycles. The number of sulfone groups is 1. The third-order valence-electron chi connectivity index (χ3n) is 3.92. The van der Waals surface area contributed by atoms with Gasteiger partial charge in [-0.2, -0.15) is 5.10 Å². The molecule has 0 bridgehead atoms. The second kappa shape index (κ2) is 6.15. The van der Waals surface area contributed by atoms with Crippen LogP contribution in [0.5, 0.6) is 0 Å². The minimum absolute atomic E-state index is 0.0234. The molecule has 2 heterocycles. The summed E-state index contributed by atoms with van der Waals surface area (Å²) in [5, 5.41) is 4.45. The molecule has 0 aromatic carbocycles. The first-order valence-electron chi connectivity index (χ1n) is 6.98. The molecule has 20 heavy (non-hydrogen) atoms. The Morgan fingerprint density at radius 3 is 2.75 bits per heavy atom. The molecule has 2 unspecified atom stereocenters. The summed E-state index contributed by atoms with van der Waals surface area (Å²) in [7, 11) is -0.890. The first-order chi connectivity index (χ1) is 9.32. The van der Waals surface area contributed by atoms with Gasteiger partial charge in [-0.1, -0.05) is 6.92 Å². The van der Waals surface area contributed by atoms with Crippen LogP contribution < -0.4 is 5.73 Å². The second-order valence-electron chi connectivity index (χ2n) is 5.65. The lowest BCUT2D eigenvalue weighted by molar-refractivity contribution is 0.460. The largest absolute Gasteiger partial charge is 0.327 e. The van der Waals surface area contributed by atoms with E-state index in [-0.39, 0.29) is 12.0 Å². The quantitative estimate of drug-likeness (QED) is 0.858. The van der Waals surface area contributed by atoms with Crippen LogP contribution in [0, 0.1) is 5.92 Å². The van der Waals surface area contributed by atoms with Crippen LogP contribution in [0.25, 0.3) is 0 Å². The summed E-state index contributed by atoms with van der Waals surface area (Å²) in [5.74, 6) is 0.834. The highest BCUT2D eigenvalue weighted by Crippen LogP contribution is 2.26. The predicted octanol–water partition coefficient (Wildman–Crippen LogP) is 1.44. The van der Waals surface area contributed by atoms with Gasteiger partial charge in [-0.25, -0.2) is 8.42 Å². The maximum Gasteiger partial charge on any atom is 0.150 e. The normalized spacial score (nSPS) is 23.1. The van der Waals surface area contributed by atoms with Crippen LogP contribution in [0.15, 0.2) is 4.47 Å². The van der Waals surface area contributed by atoms with E-state index in [1.54, 1.807) is 0 Å². The van der Waals surface area contributed by atoms with Crippen molar-refractivity contribution >= 4 is 25.8 Å². The van der Waals surface area contributed by atoms with Crippen LogP contribution in [0.4, 0.5) is 0 Å². The molecule has 1 fully saturated rings. The van der Waals surface area contributed by atoms with Gasteiger partial charge in [0.05, 0.1) is 27.4 Å². The van der Waals surface area contributed by atoms with Gasteiger partial charge in [0.1, 0.15) is 0 Å². The van der Waals surface area contributed by atoms with E-state index in [4.69, 9.17) is 5.73 Å². The van der Waals surface area contributed by atoms with Gasteiger partial charge < -0.3 is 5.73 Å². The molecule has 2 N–H and O–H groups in total. The number of hydrogen-bond donors (Lipinski definition) is 1. The van der Waals surface area contributed by atoms with Gasteiger partial charge in [0.2, 0.25) is 0 Å². The third kappa shape index (κ3) is 3.62. The van der Waals surface area contributed by atoms with Gasteiger partial charge in [-0.05, 0) is 41.1 Å². The monoisotopic (exact) mass is 363 g/mol. The van der Waals surface area contributed by atoms with Gasteiger partial charge in [0.15, 0.2) is 9.84 Å². The van der Waals surface area contributed by atoms with Crippen molar-refractivity contribution in [1.29, 1.82) is 0 Å². The van der Waals surface area contributed by atoms with E-state index in [2.05, 4.69) is 28.0 Å². The Labute approximate surface area is 129 Å². The van der Waals surface area contributed by atoms with E-state index < -0.39 is 9.84 Å². The predicted molar refractivity (Wildman–Crippen MR) is 83.3 cm³/mol. The minimum atomic E-state index is -2.81. The molecule has 0 aliphatic carbocycles. The van der Waals surface area contributed by atoms with Crippen molar-refractivity contribution < 1.29 is 8.42 Å². The summed E-state index contributed by atoms with van der Waals surface area (Å²) >= 11 is 3.59. The fourth-order valence-corrected chi connectivity index (χ4v) is 5.52. The SMILES string of the molecule is CCc1nn(C)c(CC(N)CC2CCS(=O)(=O)C2)c1Br. The van der Waals surface area contributed by atoms with Gasteiger partial charge in [0, 0.05) is 19.5 Å². The Kier molecular flexibility index (Phi) is 4.92. The second-order valence-corrected chi connectivity index (χ2v) is 8.68. The topological polar surface area (TPSA) is 78.0 Å². The number of nitrogens with two attached hydrogens (primary N) is 1. The smallest absolute Gasteiger partial charge is 0.150 e. The van der Waals surface area contributed by atoms with E-state index in [0.29, 0.717) is 11.5 Å². The first-order valence-corrected chi connectivity index (χ1v) is 9.60. The van der Waals surface area contributed by atoms with E-state index in [1.165, 1.54) is 0 Å². The van der Waals surface area contributed by atoms with E-state index >= 15 is 0 Å². The Hall–Kier alpha value is -0.400. The zero-order valence-electron chi connectivity index (χ0n) is 12.0. The molecular weight excluding hydrogens is 342 g/mol.